The van der Waals surface area contributed by atoms with Crippen LogP contribution in [0.4, 0.5) is 0 Å². The van der Waals surface area contributed by atoms with Crippen LogP contribution < -0.4 is 5.32 Å². The number of rotatable bonds is 6. The monoisotopic (exact) mass is 203 g/mol. The molecular formula is C2H7NO6P2+2. The minimum Gasteiger partial charge on any atom is -0.263 e. The van der Waals surface area contributed by atoms with Gasteiger partial charge in [0.1, 0.15) is 0 Å². The van der Waals surface area contributed by atoms with E-state index in [0.29, 0.717) is 0 Å². The second kappa shape index (κ2) is 6.69. The van der Waals surface area contributed by atoms with Gasteiger partial charge in [0, 0.05) is 9.13 Å². The van der Waals surface area contributed by atoms with E-state index in [-0.39, 0.29) is 13.5 Å². The summed E-state index contributed by atoms with van der Waals surface area (Å²) in [4.78, 5) is 16.1. The van der Waals surface area contributed by atoms with Crippen LogP contribution in [0.5, 0.6) is 0 Å². The van der Waals surface area contributed by atoms with E-state index < -0.39 is 16.5 Å². The lowest BCUT2D eigenvalue weighted by atomic mass is 11.1. The van der Waals surface area contributed by atoms with Gasteiger partial charge in [0.25, 0.3) is 0 Å². The lowest BCUT2D eigenvalue weighted by Crippen LogP contribution is -2.17. The van der Waals surface area contributed by atoms with Gasteiger partial charge in [0.05, 0.1) is 0 Å². The van der Waals surface area contributed by atoms with Gasteiger partial charge in [-0.15, -0.1) is 18.8 Å². The Hall–Kier alpha value is -0.0000000000000000486. The summed E-state index contributed by atoms with van der Waals surface area (Å²) < 4.78 is 27.9. The van der Waals surface area contributed by atoms with E-state index in [1.54, 1.807) is 0 Å². The molecule has 2 atom stereocenters. The van der Waals surface area contributed by atoms with E-state index in [9.17, 15) is 9.13 Å². The molecule has 64 valence electrons. The molecule has 0 saturated heterocycles. The Morgan fingerprint density at radius 3 is 1.73 bits per heavy atom. The normalized spacial score (nSPS) is 12.9. The fraction of sp³-hybridized carbons (Fsp3) is 1.00. The van der Waals surface area contributed by atoms with E-state index in [1.807, 2.05) is 0 Å². The van der Waals surface area contributed by atoms with Gasteiger partial charge in [-0.05, 0) is 0 Å². The number of nitrogens with one attached hydrogen (secondary N) is 1. The first-order chi connectivity index (χ1) is 5.13. The topological polar surface area (TPSA) is 105 Å². The zero-order valence-corrected chi connectivity index (χ0v) is 7.12. The van der Waals surface area contributed by atoms with E-state index in [1.165, 1.54) is 0 Å². The SMILES string of the molecule is O=[P+](O)OCNCO[P+](=O)O. The number of hydrogen-bond acceptors (Lipinski definition) is 5. The van der Waals surface area contributed by atoms with E-state index in [4.69, 9.17) is 9.79 Å². The van der Waals surface area contributed by atoms with Crippen LogP contribution in [0.3, 0.4) is 0 Å². The fourth-order valence-corrected chi connectivity index (χ4v) is 0.647. The van der Waals surface area contributed by atoms with Crippen molar-refractivity contribution in [1.82, 2.24) is 5.32 Å². The molecule has 0 aliphatic heterocycles. The van der Waals surface area contributed by atoms with Crippen LogP contribution in [-0.4, -0.2) is 23.2 Å². The van der Waals surface area contributed by atoms with Crippen LogP contribution in [0.2, 0.25) is 0 Å². The molecule has 0 aromatic heterocycles. The van der Waals surface area contributed by atoms with Crippen LogP contribution in [0, 0.1) is 0 Å². The van der Waals surface area contributed by atoms with Gasteiger partial charge < -0.3 is 0 Å². The molecule has 9 heteroatoms. The molecule has 0 rings (SSSR count). The molecule has 0 bridgehead atoms. The molecule has 0 aromatic rings. The van der Waals surface area contributed by atoms with Crippen molar-refractivity contribution in [3.63, 3.8) is 0 Å². The summed E-state index contributed by atoms with van der Waals surface area (Å²) >= 11 is 0. The Kier molecular flexibility index (Phi) is 6.69. The second-order valence-electron chi connectivity index (χ2n) is 1.27. The van der Waals surface area contributed by atoms with Crippen LogP contribution in [-0.2, 0) is 18.2 Å². The van der Waals surface area contributed by atoms with Gasteiger partial charge in [0.15, 0.2) is 13.5 Å². The zero-order chi connectivity index (χ0) is 8.69. The lowest BCUT2D eigenvalue weighted by molar-refractivity contribution is 0.197. The molecule has 0 radical (unpaired) electrons. The van der Waals surface area contributed by atoms with Crippen LogP contribution >= 0.6 is 16.5 Å². The van der Waals surface area contributed by atoms with Gasteiger partial charge in [-0.2, -0.15) is 0 Å². The predicted molar refractivity (Wildman–Crippen MR) is 34.7 cm³/mol. The van der Waals surface area contributed by atoms with Gasteiger partial charge in [-0.25, -0.2) is 0 Å². The molecule has 0 saturated carbocycles. The minimum absolute atomic E-state index is 0.213. The number of hydrogen-bond donors (Lipinski definition) is 3. The molecule has 11 heavy (non-hydrogen) atoms. The quantitative estimate of drug-likeness (QED) is 0.312. The summed E-state index contributed by atoms with van der Waals surface area (Å²) in [5.41, 5.74) is 0. The Morgan fingerprint density at radius 1 is 1.09 bits per heavy atom. The van der Waals surface area contributed by atoms with Crippen LogP contribution in [0.25, 0.3) is 0 Å². The zero-order valence-electron chi connectivity index (χ0n) is 5.34. The van der Waals surface area contributed by atoms with Crippen LogP contribution in [0.15, 0.2) is 0 Å². The Bertz CT molecular complexity index is 134. The molecule has 7 nitrogen and oxygen atoms in total. The summed E-state index contributed by atoms with van der Waals surface area (Å²) in [7, 11) is -5.27. The molecular weight excluding hydrogens is 196 g/mol. The summed E-state index contributed by atoms with van der Waals surface area (Å²) in [6.45, 7) is -0.427. The van der Waals surface area contributed by atoms with Crippen molar-refractivity contribution in [3.05, 3.63) is 0 Å². The summed E-state index contributed by atoms with van der Waals surface area (Å²) in [6.07, 6.45) is 0. The maximum absolute atomic E-state index is 9.83. The van der Waals surface area contributed by atoms with Crippen molar-refractivity contribution in [3.8, 4) is 0 Å². The summed E-state index contributed by atoms with van der Waals surface area (Å²) in [5, 5.41) is 2.32. The highest BCUT2D eigenvalue weighted by Crippen LogP contribution is 2.14. The van der Waals surface area contributed by atoms with Crippen molar-refractivity contribution >= 4 is 16.5 Å². The maximum atomic E-state index is 9.83. The fourth-order valence-electron chi connectivity index (χ4n) is 0.243. The standard InChI is InChI=1S/C2H5NO6P2/c4-10(5)8-1-3-2-9-11(6)7/h3H,1-2H2/p+2. The summed E-state index contributed by atoms with van der Waals surface area (Å²) in [6, 6.07) is 0. The van der Waals surface area contributed by atoms with Crippen molar-refractivity contribution in [1.29, 1.82) is 0 Å². The second-order valence-corrected chi connectivity index (χ2v) is 2.74. The highest BCUT2D eigenvalue weighted by molar-refractivity contribution is 7.32. The summed E-state index contributed by atoms with van der Waals surface area (Å²) in [5.74, 6) is 0. The van der Waals surface area contributed by atoms with Gasteiger partial charge in [-0.1, -0.05) is 0 Å². The molecule has 0 heterocycles. The predicted octanol–water partition coefficient (Wildman–Crippen LogP) is -0.176. The van der Waals surface area contributed by atoms with Gasteiger partial charge >= 0.3 is 16.5 Å². The molecule has 0 aliphatic rings. The maximum Gasteiger partial charge on any atom is 0.696 e. The van der Waals surface area contributed by atoms with Crippen LogP contribution in [0.1, 0.15) is 0 Å². The van der Waals surface area contributed by atoms with Gasteiger partial charge in [-0.3, -0.25) is 5.32 Å². The first kappa shape index (κ1) is 11.0. The van der Waals surface area contributed by atoms with Crippen molar-refractivity contribution < 1.29 is 28.0 Å². The third kappa shape index (κ3) is 10.0. The average Bonchev–Trinajstić information content (AvgIpc) is 1.85. The van der Waals surface area contributed by atoms with Crippen molar-refractivity contribution in [2.75, 3.05) is 13.5 Å². The van der Waals surface area contributed by atoms with Crippen molar-refractivity contribution in [2.24, 2.45) is 0 Å². The lowest BCUT2D eigenvalue weighted by Gasteiger charge is -1.89. The Labute approximate surface area is 64.2 Å². The van der Waals surface area contributed by atoms with E-state index in [2.05, 4.69) is 14.4 Å². The molecule has 0 aromatic carbocycles. The average molecular weight is 203 g/mol. The highest BCUT2D eigenvalue weighted by atomic mass is 31.1. The van der Waals surface area contributed by atoms with E-state index >= 15 is 0 Å². The molecule has 0 aliphatic carbocycles. The minimum atomic E-state index is -2.64. The Balaban J connectivity index is 3.03. The first-order valence-corrected chi connectivity index (χ1v) is 4.68. The largest absolute Gasteiger partial charge is 0.696 e. The van der Waals surface area contributed by atoms with E-state index in [0.717, 1.165) is 0 Å². The third-order valence-corrected chi connectivity index (χ3v) is 1.25. The molecule has 0 amide bonds. The van der Waals surface area contributed by atoms with Gasteiger partial charge in [0.2, 0.25) is 0 Å². The third-order valence-electron chi connectivity index (χ3n) is 0.554. The Morgan fingerprint density at radius 2 is 1.45 bits per heavy atom. The molecule has 2 unspecified atom stereocenters. The molecule has 0 spiro atoms. The highest BCUT2D eigenvalue weighted by Gasteiger charge is 2.13. The van der Waals surface area contributed by atoms with Crippen molar-refractivity contribution in [2.45, 2.75) is 0 Å². The molecule has 0 fully saturated rings. The smallest absolute Gasteiger partial charge is 0.263 e. The molecule has 3 N–H and O–H groups in total. The first-order valence-electron chi connectivity index (χ1n) is 2.41.